The molecule has 0 saturated heterocycles. The van der Waals surface area contributed by atoms with E-state index in [4.69, 9.17) is 6.42 Å². The predicted octanol–water partition coefficient (Wildman–Crippen LogP) is 2.58. The van der Waals surface area contributed by atoms with Crippen LogP contribution in [0.25, 0.3) is 0 Å². The van der Waals surface area contributed by atoms with Gasteiger partial charge in [-0.1, -0.05) is 18.9 Å². The van der Waals surface area contributed by atoms with E-state index in [1.54, 1.807) is 12.1 Å². The zero-order valence-corrected chi connectivity index (χ0v) is 13.5. The molecule has 6 atom stereocenters. The van der Waals surface area contributed by atoms with E-state index < -0.39 is 11.7 Å². The van der Waals surface area contributed by atoms with Crippen LogP contribution in [-0.4, -0.2) is 27.0 Å². The lowest BCUT2D eigenvalue weighted by Crippen LogP contribution is -2.53. The third-order valence-corrected chi connectivity index (χ3v) is 7.12. The topological polar surface area (TPSA) is 60.7 Å². The molecule has 0 spiro atoms. The Morgan fingerprint density at radius 3 is 2.78 bits per heavy atom. The van der Waals surface area contributed by atoms with E-state index in [2.05, 4.69) is 12.8 Å². The summed E-state index contributed by atoms with van der Waals surface area (Å²) in [6.45, 7) is 2.11. The van der Waals surface area contributed by atoms with Crippen LogP contribution >= 0.6 is 0 Å². The largest absolute Gasteiger partial charge is 0.508 e. The van der Waals surface area contributed by atoms with Crippen molar-refractivity contribution >= 4 is 0 Å². The van der Waals surface area contributed by atoms with Crippen molar-refractivity contribution in [1.29, 1.82) is 0 Å². The lowest BCUT2D eigenvalue weighted by atomic mass is 9.52. The molecule has 3 heteroatoms. The number of aliphatic hydroxyl groups excluding tert-OH is 1. The summed E-state index contributed by atoms with van der Waals surface area (Å²) in [4.78, 5) is 0. The number of aliphatic hydroxyl groups is 2. The molecule has 3 aliphatic carbocycles. The minimum atomic E-state index is -1.04. The molecule has 2 saturated carbocycles. The smallest absolute Gasteiger partial charge is 0.130 e. The Hall–Kier alpha value is -1.50. The first-order valence-electron chi connectivity index (χ1n) is 8.59. The van der Waals surface area contributed by atoms with Crippen LogP contribution in [0.5, 0.6) is 5.75 Å². The van der Waals surface area contributed by atoms with Crippen LogP contribution in [0.15, 0.2) is 18.2 Å². The number of fused-ring (bicyclic) bond motifs is 5. The maximum atomic E-state index is 10.9. The summed E-state index contributed by atoms with van der Waals surface area (Å²) in [6, 6.07) is 5.54. The van der Waals surface area contributed by atoms with Gasteiger partial charge < -0.3 is 15.3 Å². The molecule has 0 aromatic heterocycles. The summed E-state index contributed by atoms with van der Waals surface area (Å²) in [6.07, 6.45) is 9.12. The number of phenols is 1. The van der Waals surface area contributed by atoms with Gasteiger partial charge in [-0.3, -0.25) is 0 Å². The van der Waals surface area contributed by atoms with Crippen molar-refractivity contribution in [3.63, 3.8) is 0 Å². The summed E-state index contributed by atoms with van der Waals surface area (Å²) in [5.74, 6) is 3.61. The minimum Gasteiger partial charge on any atom is -0.508 e. The van der Waals surface area contributed by atoms with Gasteiger partial charge in [-0.15, -0.1) is 6.42 Å². The first-order valence-corrected chi connectivity index (χ1v) is 8.59. The van der Waals surface area contributed by atoms with Crippen LogP contribution in [0, 0.1) is 29.6 Å². The second kappa shape index (κ2) is 4.75. The van der Waals surface area contributed by atoms with E-state index >= 15 is 0 Å². The third-order valence-electron chi connectivity index (χ3n) is 7.12. The molecule has 3 nitrogen and oxygen atoms in total. The third kappa shape index (κ3) is 1.86. The first kappa shape index (κ1) is 15.1. The van der Waals surface area contributed by atoms with Gasteiger partial charge in [0, 0.05) is 5.41 Å². The highest BCUT2D eigenvalue weighted by Crippen LogP contribution is 2.64. The Bertz CT molecular complexity index is 691. The lowest BCUT2D eigenvalue weighted by Gasteiger charge is -2.53. The van der Waals surface area contributed by atoms with E-state index in [9.17, 15) is 15.3 Å². The van der Waals surface area contributed by atoms with Crippen LogP contribution in [0.4, 0.5) is 0 Å². The molecule has 3 aliphatic rings. The van der Waals surface area contributed by atoms with Crippen molar-refractivity contribution in [2.24, 2.45) is 17.3 Å². The second-order valence-electron chi connectivity index (χ2n) is 7.94. The molecule has 2 fully saturated rings. The molecule has 0 amide bonds. The molecule has 3 N–H and O–H groups in total. The molecule has 0 unspecified atom stereocenters. The molecule has 23 heavy (non-hydrogen) atoms. The zero-order valence-electron chi connectivity index (χ0n) is 13.5. The van der Waals surface area contributed by atoms with Crippen molar-refractivity contribution in [2.75, 3.05) is 0 Å². The van der Waals surface area contributed by atoms with Gasteiger partial charge in [0.1, 0.15) is 11.4 Å². The van der Waals surface area contributed by atoms with Gasteiger partial charge in [0.2, 0.25) is 0 Å². The van der Waals surface area contributed by atoms with Gasteiger partial charge >= 0.3 is 0 Å². The van der Waals surface area contributed by atoms with E-state index in [1.165, 1.54) is 5.56 Å². The Balaban J connectivity index is 1.77. The minimum absolute atomic E-state index is 0.146. The predicted molar refractivity (Wildman–Crippen MR) is 87.9 cm³/mol. The van der Waals surface area contributed by atoms with E-state index in [1.807, 2.05) is 6.07 Å². The quantitative estimate of drug-likeness (QED) is 0.645. The Morgan fingerprint density at radius 2 is 2.04 bits per heavy atom. The van der Waals surface area contributed by atoms with E-state index in [0.717, 1.165) is 24.8 Å². The molecule has 0 radical (unpaired) electrons. The van der Waals surface area contributed by atoms with Gasteiger partial charge in [-0.2, -0.15) is 0 Å². The van der Waals surface area contributed by atoms with Gasteiger partial charge in [-0.25, -0.2) is 0 Å². The first-order chi connectivity index (χ1) is 10.9. The Morgan fingerprint density at radius 1 is 1.26 bits per heavy atom. The van der Waals surface area contributed by atoms with Crippen molar-refractivity contribution in [3.8, 4) is 18.1 Å². The maximum absolute atomic E-state index is 10.9. The summed E-state index contributed by atoms with van der Waals surface area (Å²) in [7, 11) is 0. The highest BCUT2D eigenvalue weighted by atomic mass is 16.3. The molecular weight excluding hydrogens is 288 g/mol. The number of phenolic OH excluding ortho intramolecular Hbond substituents is 1. The SMILES string of the molecule is C#C[C@@]1(O)CC[C@H]2[C@@H]3[C@H](O)Cc4cc(O)ccc4[C@H]3CC[C@@]21C. The lowest BCUT2D eigenvalue weighted by molar-refractivity contribution is -0.0901. The molecule has 1 aromatic rings. The van der Waals surface area contributed by atoms with Crippen molar-refractivity contribution < 1.29 is 15.3 Å². The molecule has 4 rings (SSSR count). The van der Waals surface area contributed by atoms with Gasteiger partial charge in [0.15, 0.2) is 0 Å². The Kier molecular flexibility index (Phi) is 3.11. The highest BCUT2D eigenvalue weighted by molar-refractivity contribution is 5.41. The number of benzene rings is 1. The summed E-state index contributed by atoms with van der Waals surface area (Å²) in [5.41, 5.74) is 0.972. The molecule has 0 bridgehead atoms. The monoisotopic (exact) mass is 312 g/mol. The highest BCUT2D eigenvalue weighted by Gasteiger charge is 2.62. The van der Waals surface area contributed by atoms with Crippen LogP contribution in [-0.2, 0) is 6.42 Å². The maximum Gasteiger partial charge on any atom is 0.130 e. The van der Waals surface area contributed by atoms with Crippen LogP contribution < -0.4 is 0 Å². The van der Waals surface area contributed by atoms with E-state index in [-0.39, 0.29) is 23.0 Å². The average Bonchev–Trinajstić information content (AvgIpc) is 2.79. The number of hydrogen-bond donors (Lipinski definition) is 3. The zero-order chi connectivity index (χ0) is 16.4. The summed E-state index contributed by atoms with van der Waals surface area (Å²) >= 11 is 0. The van der Waals surface area contributed by atoms with Crippen LogP contribution in [0.3, 0.4) is 0 Å². The van der Waals surface area contributed by atoms with Gasteiger partial charge in [-0.05, 0) is 73.1 Å². The molecule has 0 heterocycles. The number of terminal acetylenes is 1. The van der Waals surface area contributed by atoms with Crippen molar-refractivity contribution in [2.45, 2.75) is 56.7 Å². The Labute approximate surface area is 137 Å². The van der Waals surface area contributed by atoms with Gasteiger partial charge in [0.05, 0.1) is 6.10 Å². The normalized spacial score (nSPS) is 44.8. The van der Waals surface area contributed by atoms with Gasteiger partial charge in [0.25, 0.3) is 0 Å². The number of hydrogen-bond acceptors (Lipinski definition) is 3. The van der Waals surface area contributed by atoms with Crippen molar-refractivity contribution in [1.82, 2.24) is 0 Å². The fourth-order valence-electron chi connectivity index (χ4n) is 5.84. The van der Waals surface area contributed by atoms with E-state index in [0.29, 0.717) is 18.8 Å². The van der Waals surface area contributed by atoms with Crippen molar-refractivity contribution in [3.05, 3.63) is 29.3 Å². The molecule has 122 valence electrons. The van der Waals surface area contributed by atoms with Crippen LogP contribution in [0.2, 0.25) is 0 Å². The number of aromatic hydroxyl groups is 1. The fraction of sp³-hybridized carbons (Fsp3) is 0.600. The second-order valence-corrected chi connectivity index (χ2v) is 7.94. The fourth-order valence-corrected chi connectivity index (χ4v) is 5.84. The standard InChI is InChI=1S/C20H24O3/c1-3-20(23)9-7-16-18-15(6-8-19(16,20)2)14-5-4-13(21)10-12(14)11-17(18)22/h1,4-5,10,15-18,21-23H,6-9,11H2,2H3/t15-,16+,17-,18-,19+,20-/m1/s1. The molecule has 0 aliphatic heterocycles. The molecular formula is C20H24O3. The van der Waals surface area contributed by atoms with Crippen LogP contribution in [0.1, 0.15) is 49.7 Å². The average molecular weight is 312 g/mol. The summed E-state index contributed by atoms with van der Waals surface area (Å²) in [5, 5.41) is 31.5. The molecule has 1 aromatic carbocycles. The summed E-state index contributed by atoms with van der Waals surface area (Å²) < 4.78 is 0. The number of rotatable bonds is 0.